The molecule has 1 radical (unpaired) electrons. The molecule has 0 aromatic heterocycles. The van der Waals surface area contributed by atoms with Crippen molar-refractivity contribution < 1.29 is 5.11 Å². The molecule has 0 aliphatic carbocycles. The van der Waals surface area contributed by atoms with Gasteiger partial charge >= 0.3 is 0 Å². The average Bonchev–Trinajstić information content (AvgIpc) is 1.80. The number of aliphatic hydroxyl groups excluding tert-OH is 1. The molecule has 0 rings (SSSR count). The Bertz CT molecular complexity index is 54.9. The minimum absolute atomic E-state index is 0.285. The Morgan fingerprint density at radius 3 is 2.44 bits per heavy atom. The molecule has 0 heterocycles. The number of hydrogen-bond donors (Lipinski definition) is 1. The Balaban J connectivity index is 2.75. The van der Waals surface area contributed by atoms with E-state index in [0.717, 1.165) is 19.4 Å². The molecule has 0 amide bonds. The Labute approximate surface area is 57.5 Å². The number of nitrogens with zero attached hydrogens (tertiary/aromatic N) is 1. The van der Waals surface area contributed by atoms with Gasteiger partial charge in [-0.1, -0.05) is 0 Å². The van der Waals surface area contributed by atoms with Gasteiger partial charge in [0, 0.05) is 6.61 Å². The highest BCUT2D eigenvalue weighted by Gasteiger charge is 1.89. The standard InChI is InChI=1S/C7H16NO/c1-8(2)6-4-3-5-7-9/h3,9H,4-7H2,1-2H3. The fourth-order valence-electron chi connectivity index (χ4n) is 0.585. The summed E-state index contributed by atoms with van der Waals surface area (Å²) in [6.45, 7) is 1.37. The quantitative estimate of drug-likeness (QED) is 0.549. The molecule has 2 nitrogen and oxygen atoms in total. The number of aliphatic hydroxyl groups is 1. The number of rotatable bonds is 5. The van der Waals surface area contributed by atoms with Crippen molar-refractivity contribution in [2.24, 2.45) is 0 Å². The minimum Gasteiger partial charge on any atom is -0.396 e. The maximum Gasteiger partial charge on any atom is 0.0433 e. The van der Waals surface area contributed by atoms with Gasteiger partial charge in [0.25, 0.3) is 0 Å². The SMILES string of the molecule is CN(C)CC[CH]CCO. The zero-order chi connectivity index (χ0) is 7.11. The highest BCUT2D eigenvalue weighted by Crippen LogP contribution is 1.92. The first-order valence-corrected chi connectivity index (χ1v) is 3.34. The fraction of sp³-hybridized carbons (Fsp3) is 0.857. The van der Waals surface area contributed by atoms with Crippen molar-refractivity contribution in [3.63, 3.8) is 0 Å². The van der Waals surface area contributed by atoms with Gasteiger partial charge in [-0.3, -0.25) is 0 Å². The lowest BCUT2D eigenvalue weighted by Gasteiger charge is -2.07. The molecule has 0 aliphatic rings. The zero-order valence-electron chi connectivity index (χ0n) is 6.30. The van der Waals surface area contributed by atoms with Crippen LogP contribution in [0.15, 0.2) is 0 Å². The second kappa shape index (κ2) is 6.05. The fourth-order valence-corrected chi connectivity index (χ4v) is 0.585. The van der Waals surface area contributed by atoms with Crippen LogP contribution in [0.3, 0.4) is 0 Å². The Morgan fingerprint density at radius 1 is 1.33 bits per heavy atom. The molecule has 0 aromatic carbocycles. The predicted octanol–water partition coefficient (Wildman–Crippen LogP) is 0.525. The van der Waals surface area contributed by atoms with E-state index in [-0.39, 0.29) is 6.61 Å². The Morgan fingerprint density at radius 2 is 2.00 bits per heavy atom. The molecule has 0 aromatic rings. The first-order valence-electron chi connectivity index (χ1n) is 3.34. The lowest BCUT2D eigenvalue weighted by Crippen LogP contribution is -2.12. The summed E-state index contributed by atoms with van der Waals surface area (Å²) in [6, 6.07) is 0. The molecular weight excluding hydrogens is 114 g/mol. The monoisotopic (exact) mass is 130 g/mol. The van der Waals surface area contributed by atoms with Crippen molar-refractivity contribution in [1.29, 1.82) is 0 Å². The summed E-state index contributed by atoms with van der Waals surface area (Å²) >= 11 is 0. The van der Waals surface area contributed by atoms with Crippen molar-refractivity contribution in [2.75, 3.05) is 27.2 Å². The first kappa shape index (κ1) is 8.92. The van der Waals surface area contributed by atoms with Crippen LogP contribution < -0.4 is 0 Å². The molecule has 0 fully saturated rings. The third kappa shape index (κ3) is 7.92. The zero-order valence-corrected chi connectivity index (χ0v) is 6.30. The van der Waals surface area contributed by atoms with Crippen molar-refractivity contribution in [3.8, 4) is 0 Å². The van der Waals surface area contributed by atoms with Gasteiger partial charge in [-0.2, -0.15) is 0 Å². The first-order chi connectivity index (χ1) is 4.27. The lowest BCUT2D eigenvalue weighted by atomic mass is 10.2. The summed E-state index contributed by atoms with van der Waals surface area (Å²) in [7, 11) is 4.10. The van der Waals surface area contributed by atoms with Crippen LogP contribution in [0.25, 0.3) is 0 Å². The Kier molecular flexibility index (Phi) is 5.99. The van der Waals surface area contributed by atoms with Gasteiger partial charge in [0.05, 0.1) is 0 Å². The van der Waals surface area contributed by atoms with Gasteiger partial charge in [0.2, 0.25) is 0 Å². The predicted molar refractivity (Wildman–Crippen MR) is 39.2 cm³/mol. The second-order valence-electron chi connectivity index (χ2n) is 2.39. The van der Waals surface area contributed by atoms with E-state index >= 15 is 0 Å². The molecule has 0 saturated heterocycles. The van der Waals surface area contributed by atoms with Crippen molar-refractivity contribution in [1.82, 2.24) is 4.90 Å². The molecule has 0 unspecified atom stereocenters. The second-order valence-corrected chi connectivity index (χ2v) is 2.39. The van der Waals surface area contributed by atoms with E-state index < -0.39 is 0 Å². The van der Waals surface area contributed by atoms with Crippen LogP contribution in [0.5, 0.6) is 0 Å². The van der Waals surface area contributed by atoms with E-state index in [4.69, 9.17) is 5.11 Å². The number of unbranched alkanes of at least 4 members (excludes halogenated alkanes) is 2. The number of hydrogen-bond acceptors (Lipinski definition) is 2. The average molecular weight is 130 g/mol. The summed E-state index contributed by atoms with van der Waals surface area (Å²) in [5.41, 5.74) is 0. The minimum atomic E-state index is 0.285. The van der Waals surface area contributed by atoms with E-state index in [1.807, 2.05) is 14.1 Å². The van der Waals surface area contributed by atoms with Crippen LogP contribution in [0.1, 0.15) is 12.8 Å². The van der Waals surface area contributed by atoms with Gasteiger partial charge in [0.1, 0.15) is 0 Å². The highest BCUT2D eigenvalue weighted by atomic mass is 16.2. The van der Waals surface area contributed by atoms with Gasteiger partial charge < -0.3 is 10.0 Å². The van der Waals surface area contributed by atoms with E-state index in [2.05, 4.69) is 11.3 Å². The molecule has 0 spiro atoms. The Hall–Kier alpha value is -0.0800. The third-order valence-corrected chi connectivity index (χ3v) is 1.11. The molecule has 0 atom stereocenters. The van der Waals surface area contributed by atoms with Gasteiger partial charge in [-0.15, -0.1) is 0 Å². The van der Waals surface area contributed by atoms with Crippen LogP contribution in [0, 0.1) is 6.42 Å². The van der Waals surface area contributed by atoms with E-state index in [1.165, 1.54) is 0 Å². The molecule has 1 N–H and O–H groups in total. The van der Waals surface area contributed by atoms with E-state index in [0.29, 0.717) is 0 Å². The molecular formula is C7H16NO. The molecule has 0 saturated carbocycles. The lowest BCUT2D eigenvalue weighted by molar-refractivity contribution is 0.294. The molecule has 0 bridgehead atoms. The summed E-state index contributed by atoms with van der Waals surface area (Å²) in [5.74, 6) is 0. The van der Waals surface area contributed by atoms with Crippen molar-refractivity contribution in [3.05, 3.63) is 6.42 Å². The summed E-state index contributed by atoms with van der Waals surface area (Å²) < 4.78 is 0. The largest absolute Gasteiger partial charge is 0.396 e. The van der Waals surface area contributed by atoms with Crippen LogP contribution in [-0.4, -0.2) is 37.3 Å². The van der Waals surface area contributed by atoms with Crippen LogP contribution >= 0.6 is 0 Å². The molecule has 9 heavy (non-hydrogen) atoms. The van der Waals surface area contributed by atoms with Gasteiger partial charge in [0.15, 0.2) is 0 Å². The highest BCUT2D eigenvalue weighted by molar-refractivity contribution is 4.64. The maximum atomic E-state index is 8.39. The summed E-state index contributed by atoms with van der Waals surface area (Å²) in [4.78, 5) is 2.13. The van der Waals surface area contributed by atoms with Crippen molar-refractivity contribution in [2.45, 2.75) is 12.8 Å². The van der Waals surface area contributed by atoms with Crippen LogP contribution in [-0.2, 0) is 0 Å². The molecule has 55 valence electrons. The third-order valence-electron chi connectivity index (χ3n) is 1.11. The maximum absolute atomic E-state index is 8.39. The van der Waals surface area contributed by atoms with E-state index in [1.54, 1.807) is 0 Å². The molecule has 2 heteroatoms. The van der Waals surface area contributed by atoms with Crippen LogP contribution in [0.2, 0.25) is 0 Å². The smallest absolute Gasteiger partial charge is 0.0433 e. The van der Waals surface area contributed by atoms with Gasteiger partial charge in [-0.25, -0.2) is 0 Å². The van der Waals surface area contributed by atoms with Gasteiger partial charge in [-0.05, 0) is 39.9 Å². The van der Waals surface area contributed by atoms with Crippen molar-refractivity contribution >= 4 is 0 Å². The van der Waals surface area contributed by atoms with E-state index in [9.17, 15) is 0 Å². The summed E-state index contributed by atoms with van der Waals surface area (Å²) in [5, 5.41) is 8.39. The molecule has 0 aliphatic heterocycles. The normalized spacial score (nSPS) is 10.7. The topological polar surface area (TPSA) is 23.5 Å². The summed E-state index contributed by atoms with van der Waals surface area (Å²) in [6.07, 6.45) is 4.02. The van der Waals surface area contributed by atoms with Crippen LogP contribution in [0.4, 0.5) is 0 Å².